The highest BCUT2D eigenvalue weighted by Crippen LogP contribution is 2.37. The fraction of sp³-hybridized carbons (Fsp3) is 0.172. The predicted molar refractivity (Wildman–Crippen MR) is 148 cm³/mol. The van der Waals surface area contributed by atoms with Crippen LogP contribution >= 0.6 is 11.6 Å². The van der Waals surface area contributed by atoms with E-state index in [4.69, 9.17) is 21.1 Å². The number of rotatable bonds is 7. The number of carbonyl (C=O) groups is 4. The Hall–Kier alpha value is -4.63. The molecular weight excluding hydrogens is 522 g/mol. The molecule has 9 nitrogen and oxygen atoms in total. The summed E-state index contributed by atoms with van der Waals surface area (Å²) >= 11 is 6.43. The van der Waals surface area contributed by atoms with Crippen LogP contribution in [0.25, 0.3) is 6.08 Å². The second-order valence-electron chi connectivity index (χ2n) is 8.97. The lowest BCUT2D eigenvalue weighted by Gasteiger charge is -2.27. The second-order valence-corrected chi connectivity index (χ2v) is 9.37. The van der Waals surface area contributed by atoms with E-state index in [0.717, 1.165) is 21.6 Å². The number of amides is 5. The van der Waals surface area contributed by atoms with Crippen molar-refractivity contribution >= 4 is 52.8 Å². The normalized spacial score (nSPS) is 14.3. The summed E-state index contributed by atoms with van der Waals surface area (Å²) in [5.74, 6) is -1.72. The number of urea groups is 1. The van der Waals surface area contributed by atoms with Crippen LogP contribution in [0.15, 0.2) is 60.2 Å². The summed E-state index contributed by atoms with van der Waals surface area (Å²) in [6, 6.07) is 14.6. The van der Waals surface area contributed by atoms with Gasteiger partial charge in [0.15, 0.2) is 18.1 Å². The van der Waals surface area contributed by atoms with Gasteiger partial charge in [0.2, 0.25) is 0 Å². The molecule has 1 fully saturated rings. The van der Waals surface area contributed by atoms with Crippen molar-refractivity contribution in [3.8, 4) is 11.5 Å². The van der Waals surface area contributed by atoms with E-state index >= 15 is 0 Å². The lowest BCUT2D eigenvalue weighted by molar-refractivity contribution is -0.122. The highest BCUT2D eigenvalue weighted by Gasteiger charge is 2.37. The number of hydrogen-bond acceptors (Lipinski definition) is 6. The molecule has 0 aromatic heterocycles. The van der Waals surface area contributed by atoms with Gasteiger partial charge in [-0.25, -0.2) is 9.69 Å². The van der Waals surface area contributed by atoms with Gasteiger partial charge in [-0.05, 0) is 85.5 Å². The molecule has 1 aliphatic heterocycles. The number of nitrogens with zero attached hydrogens (tertiary/aromatic N) is 1. The smallest absolute Gasteiger partial charge is 0.335 e. The standard InChI is InChI=1S/C29H26ClN3O6/c1-16-6-5-7-20(10-16)31-25(34)15-39-26-23(30)13-19(14-24(26)38-4)12-22-27(35)32-29(37)33(28(22)36)21-9-8-17(2)18(3)11-21/h5-14H,15H2,1-4H3,(H,31,34)(H,32,35,37)/b22-12+. The number of carbonyl (C=O) groups excluding carboxylic acids is 4. The van der Waals surface area contributed by atoms with Crippen LogP contribution in [0.3, 0.4) is 0 Å². The Morgan fingerprint density at radius 1 is 1.03 bits per heavy atom. The van der Waals surface area contributed by atoms with Crippen LogP contribution in [-0.2, 0) is 14.4 Å². The fourth-order valence-corrected chi connectivity index (χ4v) is 4.22. The van der Waals surface area contributed by atoms with Crippen molar-refractivity contribution in [2.75, 3.05) is 23.9 Å². The van der Waals surface area contributed by atoms with E-state index in [-0.39, 0.29) is 28.7 Å². The van der Waals surface area contributed by atoms with Gasteiger partial charge in [0, 0.05) is 5.69 Å². The largest absolute Gasteiger partial charge is 0.493 e. The SMILES string of the molecule is COc1cc(/C=C2\C(=O)NC(=O)N(c3ccc(C)c(C)c3)C2=O)cc(Cl)c1OCC(=O)Nc1cccc(C)c1. The number of benzene rings is 3. The molecule has 1 aliphatic rings. The Kier molecular flexibility index (Phi) is 8.01. The Morgan fingerprint density at radius 2 is 1.79 bits per heavy atom. The summed E-state index contributed by atoms with van der Waals surface area (Å²) in [6.07, 6.45) is 1.31. The van der Waals surface area contributed by atoms with Gasteiger partial charge in [-0.15, -0.1) is 0 Å². The lowest BCUT2D eigenvalue weighted by atomic mass is 10.0. The third-order valence-corrected chi connectivity index (χ3v) is 6.34. The van der Waals surface area contributed by atoms with Crippen molar-refractivity contribution in [1.29, 1.82) is 0 Å². The molecule has 0 bridgehead atoms. The number of methoxy groups -OCH3 is 1. The van der Waals surface area contributed by atoms with Crippen LogP contribution in [0.1, 0.15) is 22.3 Å². The molecule has 5 amide bonds. The number of nitrogens with one attached hydrogen (secondary N) is 2. The molecule has 0 spiro atoms. The number of imide groups is 2. The molecule has 0 saturated carbocycles. The summed E-state index contributed by atoms with van der Waals surface area (Å²) in [6.45, 7) is 5.35. The quantitative estimate of drug-likeness (QED) is 0.319. The number of aryl methyl sites for hydroxylation is 3. The van der Waals surface area contributed by atoms with Crippen LogP contribution in [0, 0.1) is 20.8 Å². The van der Waals surface area contributed by atoms with Crippen LogP contribution in [0.5, 0.6) is 11.5 Å². The van der Waals surface area contributed by atoms with Crippen LogP contribution < -0.4 is 25.0 Å². The third-order valence-electron chi connectivity index (χ3n) is 6.06. The minimum absolute atomic E-state index is 0.0929. The van der Waals surface area contributed by atoms with Gasteiger partial charge in [-0.1, -0.05) is 29.8 Å². The summed E-state index contributed by atoms with van der Waals surface area (Å²) < 4.78 is 11.0. The minimum atomic E-state index is -0.840. The summed E-state index contributed by atoms with van der Waals surface area (Å²) in [7, 11) is 1.39. The summed E-state index contributed by atoms with van der Waals surface area (Å²) in [5, 5.41) is 5.03. The molecule has 0 aliphatic carbocycles. The van der Waals surface area contributed by atoms with Crippen molar-refractivity contribution < 1.29 is 28.7 Å². The van der Waals surface area contributed by atoms with E-state index in [1.54, 1.807) is 24.3 Å². The topological polar surface area (TPSA) is 114 Å². The van der Waals surface area contributed by atoms with E-state index in [9.17, 15) is 19.2 Å². The van der Waals surface area contributed by atoms with Crippen LogP contribution in [0.4, 0.5) is 16.2 Å². The molecule has 0 radical (unpaired) electrons. The number of anilines is 2. The average Bonchev–Trinajstić information content (AvgIpc) is 2.87. The first-order chi connectivity index (χ1) is 18.6. The van der Waals surface area contributed by atoms with E-state index < -0.39 is 23.8 Å². The number of barbiturate groups is 1. The zero-order valence-electron chi connectivity index (χ0n) is 21.8. The number of ether oxygens (including phenoxy) is 2. The predicted octanol–water partition coefficient (Wildman–Crippen LogP) is 4.96. The molecule has 39 heavy (non-hydrogen) atoms. The maximum absolute atomic E-state index is 13.2. The van der Waals surface area contributed by atoms with E-state index in [2.05, 4.69) is 10.6 Å². The van der Waals surface area contributed by atoms with Gasteiger partial charge < -0.3 is 14.8 Å². The van der Waals surface area contributed by atoms with Gasteiger partial charge in [0.05, 0.1) is 17.8 Å². The minimum Gasteiger partial charge on any atom is -0.493 e. The molecule has 1 saturated heterocycles. The first-order valence-corrected chi connectivity index (χ1v) is 12.3. The van der Waals surface area contributed by atoms with Gasteiger partial charge in [0.1, 0.15) is 5.57 Å². The Bertz CT molecular complexity index is 1530. The molecule has 1 heterocycles. The highest BCUT2D eigenvalue weighted by atomic mass is 35.5. The van der Waals surface area contributed by atoms with E-state index in [1.165, 1.54) is 25.3 Å². The molecule has 3 aromatic rings. The van der Waals surface area contributed by atoms with Crippen molar-refractivity contribution in [3.63, 3.8) is 0 Å². The molecule has 0 unspecified atom stereocenters. The lowest BCUT2D eigenvalue weighted by Crippen LogP contribution is -2.54. The van der Waals surface area contributed by atoms with Crippen molar-refractivity contribution in [2.24, 2.45) is 0 Å². The first kappa shape index (κ1) is 27.4. The highest BCUT2D eigenvalue weighted by molar-refractivity contribution is 6.39. The second kappa shape index (κ2) is 11.4. The van der Waals surface area contributed by atoms with Crippen molar-refractivity contribution in [2.45, 2.75) is 20.8 Å². The molecule has 4 rings (SSSR count). The molecule has 3 aromatic carbocycles. The van der Waals surface area contributed by atoms with Crippen LogP contribution in [-0.4, -0.2) is 37.5 Å². The maximum atomic E-state index is 13.2. The molecule has 200 valence electrons. The third kappa shape index (κ3) is 6.10. The average molecular weight is 548 g/mol. The van der Waals surface area contributed by atoms with Crippen molar-refractivity contribution in [3.05, 3.63) is 87.4 Å². The first-order valence-electron chi connectivity index (χ1n) is 11.9. The van der Waals surface area contributed by atoms with Gasteiger partial charge in [0.25, 0.3) is 17.7 Å². The monoisotopic (exact) mass is 547 g/mol. The van der Waals surface area contributed by atoms with Gasteiger partial charge >= 0.3 is 6.03 Å². The Balaban J connectivity index is 1.57. The molecular formula is C29H26ClN3O6. The molecule has 2 N–H and O–H groups in total. The Morgan fingerprint density at radius 3 is 2.49 bits per heavy atom. The summed E-state index contributed by atoms with van der Waals surface area (Å²) in [5.41, 5.74) is 3.92. The van der Waals surface area contributed by atoms with Crippen molar-refractivity contribution in [1.82, 2.24) is 5.32 Å². The molecule has 0 atom stereocenters. The van der Waals surface area contributed by atoms with Crippen LogP contribution in [0.2, 0.25) is 5.02 Å². The van der Waals surface area contributed by atoms with E-state index in [0.29, 0.717) is 16.9 Å². The zero-order chi connectivity index (χ0) is 28.3. The van der Waals surface area contributed by atoms with E-state index in [1.807, 2.05) is 39.0 Å². The number of hydrogen-bond donors (Lipinski definition) is 2. The Labute approximate surface area is 230 Å². The van der Waals surface area contributed by atoms with Gasteiger partial charge in [-0.3, -0.25) is 19.7 Å². The zero-order valence-corrected chi connectivity index (χ0v) is 22.5. The maximum Gasteiger partial charge on any atom is 0.335 e. The fourth-order valence-electron chi connectivity index (χ4n) is 3.94. The molecule has 10 heteroatoms. The number of halogens is 1. The van der Waals surface area contributed by atoms with Gasteiger partial charge in [-0.2, -0.15) is 0 Å². The summed E-state index contributed by atoms with van der Waals surface area (Å²) in [4.78, 5) is 51.6.